The molecule has 1 saturated heterocycles. The molecule has 1 N–H and O–H groups in total. The van der Waals surface area contributed by atoms with Crippen molar-refractivity contribution in [2.75, 3.05) is 32.9 Å². The van der Waals surface area contributed by atoms with Crippen molar-refractivity contribution in [2.24, 2.45) is 0 Å². The summed E-state index contributed by atoms with van der Waals surface area (Å²) in [5.74, 6) is -0.355. The summed E-state index contributed by atoms with van der Waals surface area (Å²) in [5, 5.41) is 3.18. The Morgan fingerprint density at radius 2 is 1.91 bits per heavy atom. The van der Waals surface area contributed by atoms with E-state index < -0.39 is 19.2 Å². The molecule has 1 aliphatic rings. The highest BCUT2D eigenvalue weighted by atomic mass is 19.3. The fraction of sp³-hybridized carbons (Fsp3) is 0.600. The number of rotatable bonds is 7. The molecule has 0 saturated carbocycles. The number of hydrogen-bond acceptors (Lipinski definition) is 3. The molecular weight excluding hydrogens is 319 g/mol. The molecule has 0 aromatic heterocycles. The van der Waals surface area contributed by atoms with Gasteiger partial charge in [-0.25, -0.2) is 0 Å². The number of piperazine rings is 1. The van der Waals surface area contributed by atoms with E-state index in [9.17, 15) is 22.0 Å². The first-order valence-electron chi connectivity index (χ1n) is 7.39. The molecule has 0 amide bonds. The maximum absolute atomic E-state index is 13.0. The Morgan fingerprint density at radius 1 is 1.22 bits per heavy atom. The molecule has 23 heavy (non-hydrogen) atoms. The van der Waals surface area contributed by atoms with E-state index in [1.54, 1.807) is 6.07 Å². The van der Waals surface area contributed by atoms with Crippen LogP contribution in [0.15, 0.2) is 24.3 Å². The second-order valence-corrected chi connectivity index (χ2v) is 5.32. The van der Waals surface area contributed by atoms with E-state index in [-0.39, 0.29) is 18.2 Å². The summed E-state index contributed by atoms with van der Waals surface area (Å²) in [4.78, 5) is 2.04. The van der Waals surface area contributed by atoms with Crippen molar-refractivity contribution in [1.82, 2.24) is 10.2 Å². The Kier molecular flexibility index (Phi) is 6.17. The molecule has 1 aromatic rings. The Labute approximate surface area is 131 Å². The van der Waals surface area contributed by atoms with Gasteiger partial charge in [-0.1, -0.05) is 12.1 Å². The molecule has 130 valence electrons. The van der Waals surface area contributed by atoms with Gasteiger partial charge >= 0.3 is 12.5 Å². The third kappa shape index (κ3) is 4.78. The fourth-order valence-electron chi connectivity index (χ4n) is 2.64. The number of ether oxygens (including phenoxy) is 1. The van der Waals surface area contributed by atoms with Gasteiger partial charge in [-0.15, -0.1) is 0 Å². The van der Waals surface area contributed by atoms with Crippen molar-refractivity contribution in [3.63, 3.8) is 0 Å². The minimum Gasteiger partial charge on any atom is -0.428 e. The van der Waals surface area contributed by atoms with E-state index in [0.29, 0.717) is 18.7 Å². The molecule has 1 atom stereocenters. The predicted octanol–water partition coefficient (Wildman–Crippen LogP) is 3.23. The molecular formula is C15H19F5N2O. The van der Waals surface area contributed by atoms with Crippen LogP contribution in [0.25, 0.3) is 0 Å². The summed E-state index contributed by atoms with van der Waals surface area (Å²) < 4.78 is 67.5. The van der Waals surface area contributed by atoms with Crippen LogP contribution >= 0.6 is 0 Å². The van der Waals surface area contributed by atoms with Gasteiger partial charge in [-0.3, -0.25) is 9.29 Å². The van der Waals surface area contributed by atoms with Gasteiger partial charge in [-0.2, -0.15) is 17.6 Å². The Hall–Kier alpha value is -1.41. The average molecular weight is 338 g/mol. The monoisotopic (exact) mass is 338 g/mol. The van der Waals surface area contributed by atoms with Gasteiger partial charge in [0.15, 0.2) is 0 Å². The molecule has 1 fully saturated rings. The normalized spacial score (nSPS) is 18.2. The molecule has 0 radical (unpaired) electrons. The second-order valence-electron chi connectivity index (χ2n) is 5.32. The lowest BCUT2D eigenvalue weighted by molar-refractivity contribution is -0.253. The Morgan fingerprint density at radius 3 is 2.52 bits per heavy atom. The number of nitrogens with one attached hydrogen (secondary N) is 1. The summed E-state index contributed by atoms with van der Waals surface area (Å²) in [5.41, 5.74) is 0.576. The molecule has 1 aliphatic heterocycles. The third-order valence-electron chi connectivity index (χ3n) is 3.73. The third-order valence-corrected chi connectivity index (χ3v) is 3.73. The summed E-state index contributed by atoms with van der Waals surface area (Å²) in [7, 11) is 0. The second kappa shape index (κ2) is 7.92. The molecule has 0 bridgehead atoms. The van der Waals surface area contributed by atoms with Crippen LogP contribution in [0.3, 0.4) is 0 Å². The lowest BCUT2D eigenvalue weighted by Crippen LogP contribution is -2.45. The fourth-order valence-corrected chi connectivity index (χ4v) is 2.64. The highest BCUT2D eigenvalue weighted by Gasteiger charge is 2.44. The van der Waals surface area contributed by atoms with Gasteiger partial charge in [0.2, 0.25) is 0 Å². The van der Waals surface area contributed by atoms with Crippen LogP contribution in [0.5, 0.6) is 5.75 Å². The molecule has 0 unspecified atom stereocenters. The smallest absolute Gasteiger partial charge is 0.428 e. The first-order chi connectivity index (χ1) is 10.9. The first-order valence-corrected chi connectivity index (χ1v) is 7.39. The largest absolute Gasteiger partial charge is 0.461 e. The molecule has 0 aliphatic carbocycles. The highest BCUT2D eigenvalue weighted by Crippen LogP contribution is 2.31. The molecule has 8 heteroatoms. The summed E-state index contributed by atoms with van der Waals surface area (Å²) in [6.07, 6.45) is -8.27. The number of alkyl halides is 5. The van der Waals surface area contributed by atoms with E-state index in [4.69, 9.17) is 0 Å². The average Bonchev–Trinajstić information content (AvgIpc) is 2.53. The number of nitrogens with zero attached hydrogens (tertiary/aromatic N) is 1. The van der Waals surface area contributed by atoms with Crippen LogP contribution in [-0.4, -0.2) is 50.3 Å². The zero-order chi connectivity index (χ0) is 16.9. The summed E-state index contributed by atoms with van der Waals surface area (Å²) in [6, 6.07) is 5.27. The van der Waals surface area contributed by atoms with Crippen molar-refractivity contribution in [3.05, 3.63) is 29.8 Å². The molecule has 2 rings (SSSR count). The topological polar surface area (TPSA) is 24.5 Å². The van der Waals surface area contributed by atoms with Crippen LogP contribution in [0.1, 0.15) is 18.0 Å². The van der Waals surface area contributed by atoms with Crippen molar-refractivity contribution in [1.29, 1.82) is 0 Å². The van der Waals surface area contributed by atoms with Crippen molar-refractivity contribution in [2.45, 2.75) is 25.0 Å². The van der Waals surface area contributed by atoms with Gasteiger partial charge in [0.1, 0.15) is 5.75 Å². The minimum atomic E-state index is -4.55. The van der Waals surface area contributed by atoms with E-state index in [0.717, 1.165) is 13.1 Å². The lowest BCUT2D eigenvalue weighted by Gasteiger charge is -2.35. The van der Waals surface area contributed by atoms with E-state index >= 15 is 0 Å². The molecule has 3 nitrogen and oxygen atoms in total. The standard InChI is InChI=1S/C15H19F5N2O/c16-5-4-13(22-8-6-21-7-9-22)11-2-1-3-12(10-11)23-15(19,20)14(17)18/h1-3,10,13-14,21H,4-9H2/t13-/m1/s1. The minimum absolute atomic E-state index is 0.203. The molecule has 0 spiro atoms. The van der Waals surface area contributed by atoms with Crippen LogP contribution in [0.4, 0.5) is 22.0 Å². The quantitative estimate of drug-likeness (QED) is 0.773. The maximum atomic E-state index is 13.0. The van der Waals surface area contributed by atoms with Gasteiger partial charge in [0, 0.05) is 32.2 Å². The maximum Gasteiger partial charge on any atom is 0.461 e. The zero-order valence-electron chi connectivity index (χ0n) is 12.5. The zero-order valence-corrected chi connectivity index (χ0v) is 12.5. The van der Waals surface area contributed by atoms with Gasteiger partial charge < -0.3 is 10.1 Å². The van der Waals surface area contributed by atoms with Gasteiger partial charge in [0.25, 0.3) is 0 Å². The Bertz CT molecular complexity index is 495. The van der Waals surface area contributed by atoms with Crippen LogP contribution in [-0.2, 0) is 0 Å². The van der Waals surface area contributed by atoms with Crippen LogP contribution in [0.2, 0.25) is 0 Å². The van der Waals surface area contributed by atoms with E-state index in [1.807, 2.05) is 4.90 Å². The summed E-state index contributed by atoms with van der Waals surface area (Å²) in [6.45, 7) is 2.34. The predicted molar refractivity (Wildman–Crippen MR) is 75.8 cm³/mol. The SMILES string of the molecule is FCC[C@H](c1cccc(OC(F)(F)C(F)F)c1)N1CCNCC1. The van der Waals surface area contributed by atoms with E-state index in [2.05, 4.69) is 10.1 Å². The number of hydrogen-bond donors (Lipinski definition) is 1. The van der Waals surface area contributed by atoms with Crippen LogP contribution in [0, 0.1) is 0 Å². The molecule has 1 heterocycles. The summed E-state index contributed by atoms with van der Waals surface area (Å²) >= 11 is 0. The van der Waals surface area contributed by atoms with Gasteiger partial charge in [-0.05, 0) is 24.1 Å². The number of halogens is 5. The first kappa shape index (κ1) is 17.9. The van der Waals surface area contributed by atoms with E-state index in [1.165, 1.54) is 18.2 Å². The number of benzene rings is 1. The van der Waals surface area contributed by atoms with Crippen molar-refractivity contribution >= 4 is 0 Å². The molecule has 1 aromatic carbocycles. The van der Waals surface area contributed by atoms with Gasteiger partial charge in [0.05, 0.1) is 6.67 Å². The Balaban J connectivity index is 2.18. The highest BCUT2D eigenvalue weighted by molar-refractivity contribution is 5.31. The van der Waals surface area contributed by atoms with Crippen molar-refractivity contribution in [3.8, 4) is 5.75 Å². The van der Waals surface area contributed by atoms with Crippen molar-refractivity contribution < 1.29 is 26.7 Å². The lowest BCUT2D eigenvalue weighted by atomic mass is 10.0. The van der Waals surface area contributed by atoms with Crippen LogP contribution < -0.4 is 10.1 Å².